The fourth-order valence-electron chi connectivity index (χ4n) is 6.28. The van der Waals surface area contributed by atoms with E-state index in [9.17, 15) is 14.4 Å². The molecule has 2 heterocycles. The Labute approximate surface area is 267 Å². The summed E-state index contributed by atoms with van der Waals surface area (Å²) in [4.78, 5) is 55.8. The molecule has 2 aliphatic rings. The Bertz CT molecular complexity index is 1490. The minimum Gasteiger partial charge on any atom is -0.355 e. The molecule has 3 amide bonds. The van der Waals surface area contributed by atoms with Crippen LogP contribution in [0.15, 0.2) is 66.9 Å². The number of pyridine rings is 1. The average molecular weight is 639 g/mol. The molecule has 0 bridgehead atoms. The van der Waals surface area contributed by atoms with Gasteiger partial charge in [0, 0.05) is 40.9 Å². The van der Waals surface area contributed by atoms with Gasteiger partial charge in [0.1, 0.15) is 6.61 Å². The maximum atomic E-state index is 14.5. The zero-order valence-electron chi connectivity index (χ0n) is 24.8. The monoisotopic (exact) mass is 637 g/mol. The third kappa shape index (κ3) is 7.07. The van der Waals surface area contributed by atoms with Gasteiger partial charge in [-0.25, -0.2) is 5.48 Å². The van der Waals surface area contributed by atoms with E-state index in [1.54, 1.807) is 65.7 Å². The molecule has 1 aromatic heterocycles. The minimum atomic E-state index is -0.884. The highest BCUT2D eigenvalue weighted by Crippen LogP contribution is 2.48. The number of nitrogens with one attached hydrogen (secondary N) is 2. The van der Waals surface area contributed by atoms with Crippen molar-refractivity contribution in [2.24, 2.45) is 5.92 Å². The van der Waals surface area contributed by atoms with Gasteiger partial charge in [0.05, 0.1) is 23.6 Å². The molecule has 11 heteroatoms. The van der Waals surface area contributed by atoms with Gasteiger partial charge < -0.3 is 15.1 Å². The molecule has 3 aromatic rings. The van der Waals surface area contributed by atoms with Crippen molar-refractivity contribution in [2.75, 3.05) is 27.2 Å². The molecule has 4 unspecified atom stereocenters. The SMILES string of the molecule is CN(C)CCNC(=O)C1CCCCC1N1C(=O)c2ccccc2C(C(=O)NOCc2ccccn2)C1c1ccc(Cl)cc1Cl. The lowest BCUT2D eigenvalue weighted by Crippen LogP contribution is -2.56. The van der Waals surface area contributed by atoms with E-state index in [1.807, 2.05) is 25.1 Å². The number of hydrogen-bond acceptors (Lipinski definition) is 6. The van der Waals surface area contributed by atoms with Crippen molar-refractivity contribution in [3.63, 3.8) is 0 Å². The van der Waals surface area contributed by atoms with Gasteiger partial charge in [0.15, 0.2) is 0 Å². The summed E-state index contributed by atoms with van der Waals surface area (Å²) >= 11 is 13.1. The molecule has 0 saturated heterocycles. The minimum absolute atomic E-state index is 0.0633. The molecule has 1 aliphatic carbocycles. The molecule has 5 rings (SSSR count). The standard InChI is InChI=1S/C33H37Cl2N5O4/c1-39(2)18-17-37-31(41)26-12-5-6-13-28(26)40-30(25-15-14-21(34)19-27(25)35)29(23-10-3-4-11-24(23)33(40)43)32(42)38-44-20-22-9-7-8-16-36-22/h3-4,7-11,14-16,19,26,28-30H,5-6,12-13,17-18,20H2,1-2H3,(H,37,41)(H,38,42). The van der Waals surface area contributed by atoms with Crippen LogP contribution in [0.2, 0.25) is 10.0 Å². The van der Waals surface area contributed by atoms with Crippen LogP contribution >= 0.6 is 23.2 Å². The van der Waals surface area contributed by atoms with Gasteiger partial charge in [0.25, 0.3) is 11.8 Å². The number of likely N-dealkylation sites (N-methyl/N-ethyl adjacent to an activating group) is 1. The molecule has 0 radical (unpaired) electrons. The van der Waals surface area contributed by atoms with Crippen LogP contribution in [0.5, 0.6) is 0 Å². The molecule has 2 aromatic carbocycles. The number of amides is 3. The molecule has 232 valence electrons. The molecule has 44 heavy (non-hydrogen) atoms. The predicted molar refractivity (Wildman–Crippen MR) is 169 cm³/mol. The maximum absolute atomic E-state index is 14.5. The second-order valence-electron chi connectivity index (χ2n) is 11.5. The van der Waals surface area contributed by atoms with Crippen LogP contribution in [0.4, 0.5) is 0 Å². The number of carbonyl (C=O) groups excluding carboxylic acids is 3. The van der Waals surface area contributed by atoms with Gasteiger partial charge >= 0.3 is 0 Å². The summed E-state index contributed by atoms with van der Waals surface area (Å²) in [5, 5.41) is 3.83. The van der Waals surface area contributed by atoms with Crippen molar-refractivity contribution in [3.8, 4) is 0 Å². The fraction of sp³-hybridized carbons (Fsp3) is 0.394. The molecule has 2 N–H and O–H groups in total. The number of hydrogen-bond donors (Lipinski definition) is 2. The van der Waals surface area contributed by atoms with E-state index in [0.717, 1.165) is 12.8 Å². The van der Waals surface area contributed by atoms with E-state index >= 15 is 0 Å². The highest BCUT2D eigenvalue weighted by molar-refractivity contribution is 6.35. The summed E-state index contributed by atoms with van der Waals surface area (Å²) < 4.78 is 0. The number of nitrogens with zero attached hydrogens (tertiary/aromatic N) is 3. The lowest BCUT2D eigenvalue weighted by atomic mass is 9.75. The van der Waals surface area contributed by atoms with Gasteiger partial charge in [-0.3, -0.25) is 24.2 Å². The first-order chi connectivity index (χ1) is 21.3. The van der Waals surface area contributed by atoms with Crippen molar-refractivity contribution in [3.05, 3.63) is 99.3 Å². The first kappa shape index (κ1) is 31.9. The highest BCUT2D eigenvalue weighted by atomic mass is 35.5. The van der Waals surface area contributed by atoms with Crippen LogP contribution < -0.4 is 10.8 Å². The molecule has 1 saturated carbocycles. The van der Waals surface area contributed by atoms with Crippen LogP contribution in [0.1, 0.15) is 64.8 Å². The lowest BCUT2D eigenvalue weighted by Gasteiger charge is -2.48. The fourth-order valence-corrected chi connectivity index (χ4v) is 6.80. The first-order valence-corrected chi connectivity index (χ1v) is 15.6. The largest absolute Gasteiger partial charge is 0.355 e. The van der Waals surface area contributed by atoms with Gasteiger partial charge in [-0.15, -0.1) is 0 Å². The molecule has 1 fully saturated rings. The Balaban J connectivity index is 1.55. The summed E-state index contributed by atoms with van der Waals surface area (Å²) in [5.74, 6) is -2.11. The lowest BCUT2D eigenvalue weighted by molar-refractivity contribution is -0.138. The number of halogens is 2. The zero-order valence-corrected chi connectivity index (χ0v) is 26.4. The van der Waals surface area contributed by atoms with Gasteiger partial charge in [-0.2, -0.15) is 0 Å². The molecular weight excluding hydrogens is 601 g/mol. The summed E-state index contributed by atoms with van der Waals surface area (Å²) in [7, 11) is 3.90. The third-order valence-electron chi connectivity index (χ3n) is 8.34. The zero-order chi connectivity index (χ0) is 31.2. The van der Waals surface area contributed by atoms with Crippen LogP contribution in [0.25, 0.3) is 0 Å². The number of aromatic nitrogens is 1. The Morgan fingerprint density at radius 3 is 2.52 bits per heavy atom. The molecule has 0 spiro atoms. The summed E-state index contributed by atoms with van der Waals surface area (Å²) in [6, 6.07) is 16.3. The Morgan fingerprint density at radius 1 is 1.00 bits per heavy atom. The number of rotatable bonds is 10. The third-order valence-corrected chi connectivity index (χ3v) is 8.90. The summed E-state index contributed by atoms with van der Waals surface area (Å²) in [5.41, 5.74) is 4.81. The van der Waals surface area contributed by atoms with E-state index in [4.69, 9.17) is 28.0 Å². The molecular formula is C33H37Cl2N5O4. The van der Waals surface area contributed by atoms with E-state index < -0.39 is 29.8 Å². The number of hydroxylamine groups is 1. The molecule has 9 nitrogen and oxygen atoms in total. The van der Waals surface area contributed by atoms with E-state index in [1.165, 1.54) is 0 Å². The van der Waals surface area contributed by atoms with Crippen LogP contribution in [-0.4, -0.2) is 65.7 Å². The van der Waals surface area contributed by atoms with Crippen molar-refractivity contribution < 1.29 is 19.2 Å². The Morgan fingerprint density at radius 2 is 1.77 bits per heavy atom. The smallest absolute Gasteiger partial charge is 0.254 e. The van der Waals surface area contributed by atoms with Crippen molar-refractivity contribution >= 4 is 40.9 Å². The van der Waals surface area contributed by atoms with Crippen molar-refractivity contribution in [1.29, 1.82) is 0 Å². The average Bonchev–Trinajstić information content (AvgIpc) is 3.01. The van der Waals surface area contributed by atoms with E-state index in [2.05, 4.69) is 15.8 Å². The Hall–Kier alpha value is -3.50. The van der Waals surface area contributed by atoms with Crippen LogP contribution in [0.3, 0.4) is 0 Å². The molecule has 1 aliphatic heterocycles. The molecule has 4 atom stereocenters. The van der Waals surface area contributed by atoms with Gasteiger partial charge in [0.2, 0.25) is 5.91 Å². The maximum Gasteiger partial charge on any atom is 0.254 e. The number of benzene rings is 2. The second-order valence-corrected chi connectivity index (χ2v) is 12.4. The second kappa shape index (κ2) is 14.5. The van der Waals surface area contributed by atoms with Gasteiger partial charge in [-0.1, -0.05) is 66.4 Å². The predicted octanol–water partition coefficient (Wildman–Crippen LogP) is 5.15. The highest BCUT2D eigenvalue weighted by Gasteiger charge is 2.50. The topological polar surface area (TPSA) is 104 Å². The summed E-state index contributed by atoms with van der Waals surface area (Å²) in [6.07, 6.45) is 4.62. The van der Waals surface area contributed by atoms with Crippen molar-refractivity contribution in [1.82, 2.24) is 25.6 Å². The van der Waals surface area contributed by atoms with Gasteiger partial charge in [-0.05, 0) is 68.4 Å². The number of carbonyl (C=O) groups is 3. The van der Waals surface area contributed by atoms with Crippen molar-refractivity contribution in [2.45, 2.75) is 50.3 Å². The normalized spacial score (nSPS) is 21.6. The van der Waals surface area contributed by atoms with E-state index in [0.29, 0.717) is 58.4 Å². The number of fused-ring (bicyclic) bond motifs is 1. The van der Waals surface area contributed by atoms with E-state index in [-0.39, 0.29) is 18.4 Å². The first-order valence-electron chi connectivity index (χ1n) is 14.9. The van der Waals surface area contributed by atoms with Crippen LogP contribution in [0, 0.1) is 5.92 Å². The Kier molecular flexibility index (Phi) is 10.5. The summed E-state index contributed by atoms with van der Waals surface area (Å²) in [6.45, 7) is 1.26. The van der Waals surface area contributed by atoms with Crippen LogP contribution in [-0.2, 0) is 21.0 Å². The quantitative estimate of drug-likeness (QED) is 0.298.